The lowest BCUT2D eigenvalue weighted by atomic mass is 9.98. The minimum atomic E-state index is 0.443. The van der Waals surface area contributed by atoms with Gasteiger partial charge in [0.15, 0.2) is 0 Å². The number of hydrogen-bond donors (Lipinski definition) is 1. The van der Waals surface area contributed by atoms with Crippen molar-refractivity contribution in [1.29, 1.82) is 0 Å². The lowest BCUT2D eigenvalue weighted by molar-refractivity contribution is 0.657. The fourth-order valence-corrected chi connectivity index (χ4v) is 2.93. The van der Waals surface area contributed by atoms with E-state index in [4.69, 9.17) is 9.97 Å². The van der Waals surface area contributed by atoms with E-state index in [1.54, 1.807) is 0 Å². The van der Waals surface area contributed by atoms with Crippen LogP contribution in [-0.2, 0) is 12.8 Å². The van der Waals surface area contributed by atoms with E-state index in [1.807, 2.05) is 13.1 Å². The quantitative estimate of drug-likeness (QED) is 0.884. The van der Waals surface area contributed by atoms with Crippen LogP contribution in [-0.4, -0.2) is 23.6 Å². The summed E-state index contributed by atoms with van der Waals surface area (Å²) in [7, 11) is 1.98. The van der Waals surface area contributed by atoms with Gasteiger partial charge in [0.2, 0.25) is 0 Å². The Morgan fingerprint density at radius 3 is 2.19 bits per heavy atom. The summed E-state index contributed by atoms with van der Waals surface area (Å²) in [6.07, 6.45) is 1.89. The minimum Gasteiger partial charge on any atom is -0.319 e. The lowest BCUT2D eigenvalue weighted by Crippen LogP contribution is -2.18. The minimum absolute atomic E-state index is 0.443. The van der Waals surface area contributed by atoms with Crippen LogP contribution in [0.1, 0.15) is 41.2 Å². The first-order chi connectivity index (χ1) is 10.1. The zero-order valence-corrected chi connectivity index (χ0v) is 13.5. The van der Waals surface area contributed by atoms with Crippen molar-refractivity contribution in [2.24, 2.45) is 0 Å². The normalized spacial score (nSPS) is 12.4. The Balaban J connectivity index is 2.12. The van der Waals surface area contributed by atoms with E-state index in [1.165, 1.54) is 11.1 Å². The van der Waals surface area contributed by atoms with Gasteiger partial charge in [-0.25, -0.2) is 9.97 Å². The largest absolute Gasteiger partial charge is 0.319 e. The van der Waals surface area contributed by atoms with Crippen molar-refractivity contribution in [1.82, 2.24) is 15.3 Å². The van der Waals surface area contributed by atoms with Crippen LogP contribution in [0.2, 0.25) is 0 Å². The van der Waals surface area contributed by atoms with Crippen molar-refractivity contribution in [3.63, 3.8) is 0 Å². The predicted molar refractivity (Wildman–Crippen MR) is 87.7 cm³/mol. The highest BCUT2D eigenvalue weighted by molar-refractivity contribution is 5.28. The zero-order chi connectivity index (χ0) is 15.2. The first-order valence-corrected chi connectivity index (χ1v) is 7.64. The number of likely N-dealkylation sites (N-methyl/N-ethyl adjacent to an activating group) is 1. The molecule has 2 rings (SSSR count). The number of hydrogen-bond acceptors (Lipinski definition) is 3. The molecule has 3 heteroatoms. The highest BCUT2D eigenvalue weighted by atomic mass is 14.9. The lowest BCUT2D eigenvalue weighted by Gasteiger charge is -2.17. The fourth-order valence-electron chi connectivity index (χ4n) is 2.93. The molecule has 0 aliphatic heterocycles. The van der Waals surface area contributed by atoms with E-state index in [9.17, 15) is 0 Å². The number of rotatable bonds is 6. The summed E-state index contributed by atoms with van der Waals surface area (Å²) in [6, 6.07) is 10.5. The van der Waals surface area contributed by atoms with Gasteiger partial charge in [-0.1, -0.05) is 37.3 Å². The van der Waals surface area contributed by atoms with Gasteiger partial charge >= 0.3 is 0 Å². The zero-order valence-electron chi connectivity index (χ0n) is 13.5. The third-order valence-electron chi connectivity index (χ3n) is 3.86. The Morgan fingerprint density at radius 1 is 1.00 bits per heavy atom. The number of aryl methyl sites for hydroxylation is 4. The van der Waals surface area contributed by atoms with Crippen LogP contribution in [0.5, 0.6) is 0 Å². The SMILES string of the molecule is CNCC(C)c1c(C)nc(CCc2ccccc2)nc1C. The molecule has 0 spiro atoms. The molecule has 0 fully saturated rings. The van der Waals surface area contributed by atoms with Crippen LogP contribution in [0.4, 0.5) is 0 Å². The molecule has 0 amide bonds. The summed E-state index contributed by atoms with van der Waals surface area (Å²) >= 11 is 0. The Hall–Kier alpha value is -1.74. The summed E-state index contributed by atoms with van der Waals surface area (Å²) in [5, 5.41) is 3.23. The molecular weight excluding hydrogens is 258 g/mol. The van der Waals surface area contributed by atoms with Gasteiger partial charge in [0.25, 0.3) is 0 Å². The van der Waals surface area contributed by atoms with E-state index in [0.29, 0.717) is 5.92 Å². The topological polar surface area (TPSA) is 37.8 Å². The summed E-state index contributed by atoms with van der Waals surface area (Å²) in [4.78, 5) is 9.43. The molecule has 2 aromatic rings. The summed E-state index contributed by atoms with van der Waals surface area (Å²) in [5.74, 6) is 1.40. The molecule has 112 valence electrons. The molecule has 21 heavy (non-hydrogen) atoms. The smallest absolute Gasteiger partial charge is 0.129 e. The van der Waals surface area contributed by atoms with Crippen molar-refractivity contribution in [3.8, 4) is 0 Å². The van der Waals surface area contributed by atoms with Gasteiger partial charge in [-0.15, -0.1) is 0 Å². The van der Waals surface area contributed by atoms with Gasteiger partial charge in [0.05, 0.1) is 0 Å². The molecule has 1 atom stereocenters. The standard InChI is InChI=1S/C18H25N3/c1-13(12-19-4)18-14(2)20-17(21-15(18)3)11-10-16-8-6-5-7-9-16/h5-9,13,19H,10-12H2,1-4H3. The van der Waals surface area contributed by atoms with Crippen LogP contribution in [0.15, 0.2) is 30.3 Å². The molecule has 1 heterocycles. The first kappa shape index (κ1) is 15.6. The molecule has 3 nitrogen and oxygen atoms in total. The molecule has 0 aliphatic rings. The average molecular weight is 283 g/mol. The molecule has 0 saturated heterocycles. The summed E-state index contributed by atoms with van der Waals surface area (Å²) in [5.41, 5.74) is 4.86. The first-order valence-electron chi connectivity index (χ1n) is 7.64. The summed E-state index contributed by atoms with van der Waals surface area (Å²) < 4.78 is 0. The maximum atomic E-state index is 4.71. The second kappa shape index (κ2) is 7.32. The maximum absolute atomic E-state index is 4.71. The molecule has 0 saturated carbocycles. The van der Waals surface area contributed by atoms with Gasteiger partial charge in [0.1, 0.15) is 5.82 Å². The molecular formula is C18H25N3. The van der Waals surface area contributed by atoms with Crippen molar-refractivity contribution >= 4 is 0 Å². The van der Waals surface area contributed by atoms with Gasteiger partial charge in [-0.05, 0) is 44.4 Å². The number of benzene rings is 1. The Morgan fingerprint density at radius 2 is 1.62 bits per heavy atom. The second-order valence-corrected chi connectivity index (χ2v) is 5.67. The van der Waals surface area contributed by atoms with E-state index >= 15 is 0 Å². The van der Waals surface area contributed by atoms with E-state index in [-0.39, 0.29) is 0 Å². The number of nitrogens with one attached hydrogen (secondary N) is 1. The van der Waals surface area contributed by atoms with E-state index in [0.717, 1.165) is 36.6 Å². The van der Waals surface area contributed by atoms with Crippen molar-refractivity contribution in [2.75, 3.05) is 13.6 Å². The molecule has 0 bridgehead atoms. The molecule has 1 aromatic carbocycles. The van der Waals surface area contributed by atoms with Crippen LogP contribution >= 0.6 is 0 Å². The predicted octanol–water partition coefficient (Wildman–Crippen LogP) is 3.20. The van der Waals surface area contributed by atoms with Crippen LogP contribution < -0.4 is 5.32 Å². The van der Waals surface area contributed by atoms with Gasteiger partial charge in [-0.3, -0.25) is 0 Å². The van der Waals surface area contributed by atoms with Gasteiger partial charge < -0.3 is 5.32 Å². The third kappa shape index (κ3) is 4.11. The second-order valence-electron chi connectivity index (χ2n) is 5.67. The Kier molecular flexibility index (Phi) is 5.45. The Bertz CT molecular complexity index is 555. The van der Waals surface area contributed by atoms with Crippen molar-refractivity contribution in [3.05, 3.63) is 58.7 Å². The van der Waals surface area contributed by atoms with Crippen molar-refractivity contribution < 1.29 is 0 Å². The summed E-state index contributed by atoms with van der Waals surface area (Å²) in [6.45, 7) is 7.37. The maximum Gasteiger partial charge on any atom is 0.129 e. The van der Waals surface area contributed by atoms with Gasteiger partial charge in [0, 0.05) is 24.4 Å². The number of aromatic nitrogens is 2. The third-order valence-corrected chi connectivity index (χ3v) is 3.86. The fraction of sp³-hybridized carbons (Fsp3) is 0.444. The highest BCUT2D eigenvalue weighted by Crippen LogP contribution is 2.21. The van der Waals surface area contributed by atoms with Crippen molar-refractivity contribution in [2.45, 2.75) is 39.5 Å². The molecule has 0 radical (unpaired) electrons. The molecule has 1 aromatic heterocycles. The molecule has 0 aliphatic carbocycles. The van der Waals surface area contributed by atoms with Crippen LogP contribution in [0.3, 0.4) is 0 Å². The van der Waals surface area contributed by atoms with E-state index in [2.05, 4.69) is 50.4 Å². The number of nitrogens with zero attached hydrogens (tertiary/aromatic N) is 2. The van der Waals surface area contributed by atoms with Gasteiger partial charge in [-0.2, -0.15) is 0 Å². The Labute approximate surface area is 127 Å². The van der Waals surface area contributed by atoms with E-state index < -0.39 is 0 Å². The molecule has 1 unspecified atom stereocenters. The molecule has 1 N–H and O–H groups in total. The highest BCUT2D eigenvalue weighted by Gasteiger charge is 2.14. The average Bonchev–Trinajstić information content (AvgIpc) is 2.46. The van der Waals surface area contributed by atoms with Crippen LogP contribution in [0.25, 0.3) is 0 Å². The monoisotopic (exact) mass is 283 g/mol. The van der Waals surface area contributed by atoms with Crippen LogP contribution in [0, 0.1) is 13.8 Å².